The Hall–Kier alpha value is -3.46. The molecule has 0 bridgehead atoms. The standard InChI is InChI=1S/C23H19F4N3OS/c24-16-7-5-15(6-8-16)13-14-28-22(32)30-18-11-9-17(10-12-18)29-21(31)19-3-1-2-4-20(19)23(25,26)27/h1-12H,13-14H2,(H,29,31)(H2,28,30,32). The molecule has 32 heavy (non-hydrogen) atoms. The van der Waals surface area contributed by atoms with Crippen LogP contribution in [0, 0.1) is 5.82 Å². The highest BCUT2D eigenvalue weighted by molar-refractivity contribution is 7.80. The van der Waals surface area contributed by atoms with Gasteiger partial charge in [0.25, 0.3) is 5.91 Å². The van der Waals surface area contributed by atoms with E-state index >= 15 is 0 Å². The summed E-state index contributed by atoms with van der Waals surface area (Å²) in [6, 6.07) is 17.2. The Morgan fingerprint density at radius 1 is 0.844 bits per heavy atom. The number of carbonyl (C=O) groups is 1. The number of amides is 1. The second-order valence-corrected chi connectivity index (χ2v) is 7.24. The minimum Gasteiger partial charge on any atom is -0.362 e. The molecule has 0 saturated heterocycles. The summed E-state index contributed by atoms with van der Waals surface area (Å²) in [4.78, 5) is 12.3. The van der Waals surface area contributed by atoms with E-state index in [2.05, 4.69) is 16.0 Å². The minimum atomic E-state index is -4.62. The largest absolute Gasteiger partial charge is 0.417 e. The number of hydrogen-bond acceptors (Lipinski definition) is 2. The summed E-state index contributed by atoms with van der Waals surface area (Å²) in [6.45, 7) is 0.546. The fourth-order valence-corrected chi connectivity index (χ4v) is 3.13. The van der Waals surface area contributed by atoms with Gasteiger partial charge in [-0.15, -0.1) is 0 Å². The molecule has 3 N–H and O–H groups in total. The van der Waals surface area contributed by atoms with E-state index in [4.69, 9.17) is 12.2 Å². The molecule has 1 amide bonds. The summed E-state index contributed by atoms with van der Waals surface area (Å²) >= 11 is 5.23. The molecule has 0 aliphatic heterocycles. The van der Waals surface area contributed by atoms with Crippen molar-refractivity contribution in [2.24, 2.45) is 0 Å². The third-order valence-electron chi connectivity index (χ3n) is 4.49. The van der Waals surface area contributed by atoms with Gasteiger partial charge >= 0.3 is 6.18 Å². The van der Waals surface area contributed by atoms with Crippen molar-refractivity contribution in [3.05, 3.63) is 95.3 Å². The van der Waals surface area contributed by atoms with Crippen molar-refractivity contribution < 1.29 is 22.4 Å². The van der Waals surface area contributed by atoms with Crippen LogP contribution in [-0.4, -0.2) is 17.6 Å². The van der Waals surface area contributed by atoms with Gasteiger partial charge in [-0.25, -0.2) is 4.39 Å². The number of rotatable bonds is 6. The Bertz CT molecular complexity index is 1080. The summed E-state index contributed by atoms with van der Waals surface area (Å²) in [5.41, 5.74) is 0.501. The maximum absolute atomic E-state index is 13.1. The monoisotopic (exact) mass is 461 g/mol. The highest BCUT2D eigenvalue weighted by Gasteiger charge is 2.34. The summed E-state index contributed by atoms with van der Waals surface area (Å²) < 4.78 is 52.2. The molecule has 0 aliphatic rings. The molecule has 0 fully saturated rings. The molecular weight excluding hydrogens is 442 g/mol. The van der Waals surface area contributed by atoms with Crippen LogP contribution in [0.4, 0.5) is 28.9 Å². The molecule has 0 spiro atoms. The third kappa shape index (κ3) is 6.52. The van der Waals surface area contributed by atoms with Gasteiger partial charge in [-0.1, -0.05) is 24.3 Å². The molecule has 0 heterocycles. The number of benzene rings is 3. The lowest BCUT2D eigenvalue weighted by Gasteiger charge is -2.13. The van der Waals surface area contributed by atoms with E-state index in [0.29, 0.717) is 29.5 Å². The molecular formula is C23H19F4N3OS. The van der Waals surface area contributed by atoms with Gasteiger partial charge in [0.2, 0.25) is 0 Å². The molecule has 0 radical (unpaired) electrons. The predicted octanol–water partition coefficient (Wildman–Crippen LogP) is 5.63. The van der Waals surface area contributed by atoms with Gasteiger partial charge in [0.15, 0.2) is 5.11 Å². The van der Waals surface area contributed by atoms with Crippen LogP contribution in [0.2, 0.25) is 0 Å². The van der Waals surface area contributed by atoms with E-state index in [1.54, 1.807) is 36.4 Å². The Kier molecular flexibility index (Phi) is 7.42. The SMILES string of the molecule is O=C(Nc1ccc(NC(=S)NCCc2ccc(F)cc2)cc1)c1ccccc1C(F)(F)F. The maximum atomic E-state index is 13.1. The maximum Gasteiger partial charge on any atom is 0.417 e. The molecule has 3 aromatic carbocycles. The first-order valence-corrected chi connectivity index (χ1v) is 10.00. The van der Waals surface area contributed by atoms with E-state index < -0.39 is 23.2 Å². The zero-order valence-electron chi connectivity index (χ0n) is 16.7. The zero-order chi connectivity index (χ0) is 23.1. The molecule has 166 valence electrons. The number of thiocarbonyl (C=S) groups is 1. The van der Waals surface area contributed by atoms with Crippen LogP contribution in [0.5, 0.6) is 0 Å². The number of nitrogens with one attached hydrogen (secondary N) is 3. The third-order valence-corrected chi connectivity index (χ3v) is 4.74. The highest BCUT2D eigenvalue weighted by Crippen LogP contribution is 2.32. The van der Waals surface area contributed by atoms with Gasteiger partial charge in [-0.05, 0) is 72.7 Å². The number of halogens is 4. The minimum absolute atomic E-state index is 0.289. The van der Waals surface area contributed by atoms with Crippen molar-refractivity contribution in [2.45, 2.75) is 12.6 Å². The Labute approximate surface area is 187 Å². The van der Waals surface area contributed by atoms with E-state index in [1.807, 2.05) is 0 Å². The molecule has 0 aromatic heterocycles. The first-order valence-electron chi connectivity index (χ1n) is 9.59. The molecule has 3 rings (SSSR count). The van der Waals surface area contributed by atoms with Crippen LogP contribution in [0.1, 0.15) is 21.5 Å². The van der Waals surface area contributed by atoms with Crippen molar-refractivity contribution in [3.8, 4) is 0 Å². The first-order chi connectivity index (χ1) is 15.2. The second kappa shape index (κ2) is 10.2. The van der Waals surface area contributed by atoms with Crippen LogP contribution in [0.25, 0.3) is 0 Å². The molecule has 0 saturated carbocycles. The van der Waals surface area contributed by atoms with Crippen LogP contribution >= 0.6 is 12.2 Å². The average Bonchev–Trinajstić information content (AvgIpc) is 2.76. The van der Waals surface area contributed by atoms with Crippen LogP contribution in [0.3, 0.4) is 0 Å². The van der Waals surface area contributed by atoms with Crippen LogP contribution < -0.4 is 16.0 Å². The lowest BCUT2D eigenvalue weighted by atomic mass is 10.1. The first kappa shape index (κ1) is 23.2. The molecule has 9 heteroatoms. The van der Waals surface area contributed by atoms with Gasteiger partial charge in [-0.2, -0.15) is 13.2 Å². The summed E-state index contributed by atoms with van der Waals surface area (Å²) in [6.07, 6.45) is -3.96. The van der Waals surface area contributed by atoms with Gasteiger partial charge in [0.1, 0.15) is 5.82 Å². The Morgan fingerprint density at radius 3 is 2.06 bits per heavy atom. The van der Waals surface area contributed by atoms with Crippen molar-refractivity contribution in [2.75, 3.05) is 17.2 Å². The Balaban J connectivity index is 1.52. The smallest absolute Gasteiger partial charge is 0.362 e. The summed E-state index contributed by atoms with van der Waals surface area (Å²) in [7, 11) is 0. The van der Waals surface area contributed by atoms with Crippen molar-refractivity contribution >= 4 is 34.6 Å². The zero-order valence-corrected chi connectivity index (χ0v) is 17.5. The molecule has 0 aliphatic carbocycles. The second-order valence-electron chi connectivity index (χ2n) is 6.83. The average molecular weight is 461 g/mol. The van der Waals surface area contributed by atoms with Crippen molar-refractivity contribution in [3.63, 3.8) is 0 Å². The van der Waals surface area contributed by atoms with Gasteiger partial charge in [0, 0.05) is 17.9 Å². The van der Waals surface area contributed by atoms with Crippen molar-refractivity contribution in [1.29, 1.82) is 0 Å². The number of alkyl halides is 3. The number of anilines is 2. The lowest BCUT2D eigenvalue weighted by Crippen LogP contribution is -2.30. The fourth-order valence-electron chi connectivity index (χ4n) is 2.91. The van der Waals surface area contributed by atoms with Gasteiger partial charge < -0.3 is 16.0 Å². The van der Waals surface area contributed by atoms with Gasteiger partial charge in [0.05, 0.1) is 11.1 Å². The van der Waals surface area contributed by atoms with E-state index in [-0.39, 0.29) is 5.82 Å². The number of hydrogen-bond donors (Lipinski definition) is 3. The lowest BCUT2D eigenvalue weighted by molar-refractivity contribution is -0.137. The van der Waals surface area contributed by atoms with Crippen LogP contribution in [-0.2, 0) is 12.6 Å². The molecule has 0 atom stereocenters. The molecule has 3 aromatic rings. The van der Waals surface area contributed by atoms with Gasteiger partial charge in [-0.3, -0.25) is 4.79 Å². The summed E-state index contributed by atoms with van der Waals surface area (Å²) in [5, 5.41) is 8.85. The Morgan fingerprint density at radius 2 is 1.44 bits per heavy atom. The summed E-state index contributed by atoms with van der Waals surface area (Å²) in [5.74, 6) is -1.14. The molecule has 4 nitrogen and oxygen atoms in total. The van der Waals surface area contributed by atoms with E-state index in [0.717, 1.165) is 17.7 Å². The van der Waals surface area contributed by atoms with E-state index in [9.17, 15) is 22.4 Å². The highest BCUT2D eigenvalue weighted by atomic mass is 32.1. The van der Waals surface area contributed by atoms with Crippen LogP contribution in [0.15, 0.2) is 72.8 Å². The fraction of sp³-hybridized carbons (Fsp3) is 0.130. The number of carbonyl (C=O) groups excluding carboxylic acids is 1. The molecule has 0 unspecified atom stereocenters. The van der Waals surface area contributed by atoms with E-state index in [1.165, 1.54) is 24.3 Å². The van der Waals surface area contributed by atoms with Crippen molar-refractivity contribution in [1.82, 2.24) is 5.32 Å². The quantitative estimate of drug-likeness (QED) is 0.329. The normalized spacial score (nSPS) is 11.0. The predicted molar refractivity (Wildman–Crippen MR) is 120 cm³/mol. The topological polar surface area (TPSA) is 53.2 Å².